The third kappa shape index (κ3) is 3.89. The van der Waals surface area contributed by atoms with Gasteiger partial charge in [0.25, 0.3) is 0 Å². The van der Waals surface area contributed by atoms with Crippen molar-refractivity contribution in [3.05, 3.63) is 12.7 Å². The van der Waals surface area contributed by atoms with E-state index in [0.717, 1.165) is 0 Å². The minimum absolute atomic E-state index is 0.138. The minimum Gasteiger partial charge on any atom is -0.465 e. The minimum atomic E-state index is -4.60. The van der Waals surface area contributed by atoms with Crippen LogP contribution in [0.5, 0.6) is 0 Å². The van der Waals surface area contributed by atoms with E-state index in [1.54, 1.807) is 6.92 Å². The number of hydrogen-bond acceptors (Lipinski definition) is 6. The fourth-order valence-electron chi connectivity index (χ4n) is 1.80. The smallest absolute Gasteiger partial charge is 0.465 e. The largest absolute Gasteiger partial charge is 0.469 e. The molecule has 0 amide bonds. The zero-order valence-corrected chi connectivity index (χ0v) is 11.9. The van der Waals surface area contributed by atoms with E-state index >= 15 is 0 Å². The number of carbonyl (C=O) groups is 2. The first kappa shape index (κ1) is 16.8. The molecule has 0 spiro atoms. The Morgan fingerprint density at radius 1 is 1.35 bits per heavy atom. The van der Waals surface area contributed by atoms with Crippen molar-refractivity contribution in [1.82, 2.24) is 0 Å². The van der Waals surface area contributed by atoms with Gasteiger partial charge in [0.05, 0.1) is 13.2 Å². The summed E-state index contributed by atoms with van der Waals surface area (Å²) in [5.41, 5.74) is -1.38. The molecule has 1 rings (SSSR count). The van der Waals surface area contributed by atoms with Crippen LogP contribution in [0, 0.1) is 11.3 Å². The number of carbonyl (C=O) groups excluding carboxylic acids is 2. The maximum atomic E-state index is 11.9. The highest BCUT2D eigenvalue weighted by molar-refractivity contribution is 7.46. The molecule has 9 heteroatoms. The molecular weight excluding hydrogens is 291 g/mol. The predicted molar refractivity (Wildman–Crippen MR) is 66.3 cm³/mol. The Morgan fingerprint density at radius 3 is 2.40 bits per heavy atom. The number of rotatable bonds is 8. The normalized spacial score (nSPS) is 24.9. The zero-order chi connectivity index (χ0) is 15.4. The molecule has 0 radical (unpaired) electrons. The van der Waals surface area contributed by atoms with Crippen LogP contribution in [-0.4, -0.2) is 41.5 Å². The fraction of sp³-hybridized carbons (Fsp3) is 0.636. The van der Waals surface area contributed by atoms with Gasteiger partial charge in [-0.3, -0.25) is 14.1 Å². The lowest BCUT2D eigenvalue weighted by molar-refractivity contribution is -0.165. The molecule has 8 nitrogen and oxygen atoms in total. The highest BCUT2D eigenvalue weighted by Crippen LogP contribution is 2.55. The molecule has 2 unspecified atom stereocenters. The SMILES string of the molecule is C=CC1CC1(C(=O)OCC)C(=O)OCCOP(=O)(O)O. The van der Waals surface area contributed by atoms with E-state index in [-0.39, 0.29) is 25.6 Å². The van der Waals surface area contributed by atoms with Gasteiger partial charge in [0, 0.05) is 5.92 Å². The van der Waals surface area contributed by atoms with E-state index in [0.29, 0.717) is 0 Å². The van der Waals surface area contributed by atoms with Crippen molar-refractivity contribution in [1.29, 1.82) is 0 Å². The van der Waals surface area contributed by atoms with E-state index in [2.05, 4.69) is 11.1 Å². The third-order valence-corrected chi connectivity index (χ3v) is 3.40. The number of allylic oxidation sites excluding steroid dienone is 1. The fourth-order valence-corrected chi connectivity index (χ4v) is 2.12. The van der Waals surface area contributed by atoms with Gasteiger partial charge in [-0.2, -0.15) is 0 Å². The molecule has 1 aliphatic carbocycles. The van der Waals surface area contributed by atoms with Crippen LogP contribution in [0.3, 0.4) is 0 Å². The summed E-state index contributed by atoms with van der Waals surface area (Å²) < 4.78 is 24.2. The van der Waals surface area contributed by atoms with Gasteiger partial charge in [0.1, 0.15) is 6.61 Å². The second kappa shape index (κ2) is 6.49. The van der Waals surface area contributed by atoms with Crippen LogP contribution in [0.15, 0.2) is 12.7 Å². The van der Waals surface area contributed by atoms with E-state index in [9.17, 15) is 14.2 Å². The average molecular weight is 308 g/mol. The monoisotopic (exact) mass is 308 g/mol. The lowest BCUT2D eigenvalue weighted by Crippen LogP contribution is -2.32. The van der Waals surface area contributed by atoms with Crippen LogP contribution >= 0.6 is 7.82 Å². The molecule has 1 fully saturated rings. The van der Waals surface area contributed by atoms with Gasteiger partial charge >= 0.3 is 19.8 Å². The lowest BCUT2D eigenvalue weighted by Gasteiger charge is -2.14. The summed E-state index contributed by atoms with van der Waals surface area (Å²) in [5.74, 6) is -1.82. The summed E-state index contributed by atoms with van der Waals surface area (Å²) in [7, 11) is -4.60. The van der Waals surface area contributed by atoms with Gasteiger partial charge in [-0.25, -0.2) is 4.57 Å². The van der Waals surface area contributed by atoms with Gasteiger partial charge in [-0.1, -0.05) is 6.08 Å². The van der Waals surface area contributed by atoms with Crippen LogP contribution in [0.25, 0.3) is 0 Å². The molecule has 2 atom stereocenters. The van der Waals surface area contributed by atoms with Gasteiger partial charge in [-0.15, -0.1) is 6.58 Å². The molecule has 2 N–H and O–H groups in total. The van der Waals surface area contributed by atoms with Gasteiger partial charge in [0.15, 0.2) is 5.41 Å². The third-order valence-electron chi connectivity index (χ3n) is 2.88. The van der Waals surface area contributed by atoms with Crippen LogP contribution < -0.4 is 0 Å². The Bertz CT molecular complexity index is 442. The van der Waals surface area contributed by atoms with Crippen LogP contribution in [0.1, 0.15) is 13.3 Å². The Balaban J connectivity index is 2.53. The first-order valence-corrected chi connectivity index (χ1v) is 7.48. The topological polar surface area (TPSA) is 119 Å². The maximum absolute atomic E-state index is 11.9. The molecule has 1 saturated carbocycles. The molecule has 0 aromatic rings. The van der Waals surface area contributed by atoms with Crippen molar-refractivity contribution in [2.45, 2.75) is 13.3 Å². The summed E-state index contributed by atoms with van der Waals surface area (Å²) in [6, 6.07) is 0. The van der Waals surface area contributed by atoms with Crippen LogP contribution in [-0.2, 0) is 28.2 Å². The maximum Gasteiger partial charge on any atom is 0.469 e. The van der Waals surface area contributed by atoms with Crippen LogP contribution in [0.4, 0.5) is 0 Å². The molecule has 114 valence electrons. The predicted octanol–water partition coefficient (Wildman–Crippen LogP) is 0.394. The second-order valence-corrected chi connectivity index (χ2v) is 5.44. The van der Waals surface area contributed by atoms with Crippen LogP contribution in [0.2, 0.25) is 0 Å². The second-order valence-electron chi connectivity index (χ2n) is 4.20. The zero-order valence-electron chi connectivity index (χ0n) is 11.0. The Morgan fingerprint density at radius 2 is 1.95 bits per heavy atom. The number of phosphoric ester groups is 1. The quantitative estimate of drug-likeness (QED) is 0.217. The number of hydrogen-bond donors (Lipinski definition) is 2. The Kier molecular flexibility index (Phi) is 5.47. The number of phosphoric acid groups is 1. The van der Waals surface area contributed by atoms with E-state index in [1.165, 1.54) is 6.08 Å². The molecule has 0 bridgehead atoms. The van der Waals surface area contributed by atoms with E-state index < -0.39 is 31.8 Å². The molecular formula is C11H17O8P. The first-order valence-electron chi connectivity index (χ1n) is 5.95. The summed E-state index contributed by atoms with van der Waals surface area (Å²) in [4.78, 5) is 40.6. The molecule has 0 aromatic heterocycles. The standard InChI is InChI=1S/C11H17O8P/c1-3-8-7-11(8,9(12)17-4-2)10(13)18-5-6-19-20(14,15)16/h3,8H,1,4-7H2,2H3,(H2,14,15,16). The van der Waals surface area contributed by atoms with Crippen molar-refractivity contribution in [3.63, 3.8) is 0 Å². The molecule has 0 aromatic carbocycles. The number of ether oxygens (including phenoxy) is 2. The van der Waals surface area contributed by atoms with E-state index in [4.69, 9.17) is 19.3 Å². The summed E-state index contributed by atoms with van der Waals surface area (Å²) in [6.07, 6.45) is 1.73. The van der Waals surface area contributed by atoms with Gasteiger partial charge < -0.3 is 19.3 Å². The molecule has 20 heavy (non-hydrogen) atoms. The Hall–Kier alpha value is -1.21. The van der Waals surface area contributed by atoms with Crippen molar-refractivity contribution in [2.24, 2.45) is 11.3 Å². The van der Waals surface area contributed by atoms with Gasteiger partial charge in [0.2, 0.25) is 0 Å². The first-order chi connectivity index (χ1) is 9.28. The summed E-state index contributed by atoms with van der Waals surface area (Å²) in [5, 5.41) is 0. The lowest BCUT2D eigenvalue weighted by atomic mass is 10.0. The molecule has 0 aliphatic heterocycles. The van der Waals surface area contributed by atoms with Crippen molar-refractivity contribution >= 4 is 19.8 Å². The Labute approximate surface area is 115 Å². The van der Waals surface area contributed by atoms with Crippen molar-refractivity contribution < 1.29 is 37.9 Å². The number of esters is 2. The highest BCUT2D eigenvalue weighted by atomic mass is 31.2. The average Bonchev–Trinajstić information content (AvgIpc) is 3.09. The molecule has 0 heterocycles. The molecule has 0 saturated heterocycles. The summed E-state index contributed by atoms with van der Waals surface area (Å²) in [6.45, 7) is 4.46. The van der Waals surface area contributed by atoms with Crippen molar-refractivity contribution in [3.8, 4) is 0 Å². The molecule has 1 aliphatic rings. The van der Waals surface area contributed by atoms with Crippen molar-refractivity contribution in [2.75, 3.05) is 19.8 Å². The van der Waals surface area contributed by atoms with E-state index in [1.807, 2.05) is 0 Å². The summed E-state index contributed by atoms with van der Waals surface area (Å²) >= 11 is 0. The highest BCUT2D eigenvalue weighted by Gasteiger charge is 2.67. The van der Waals surface area contributed by atoms with Gasteiger partial charge in [-0.05, 0) is 13.3 Å².